The Morgan fingerprint density at radius 3 is 2.76 bits per heavy atom. The van der Waals surface area contributed by atoms with Gasteiger partial charge in [0.2, 0.25) is 0 Å². The van der Waals surface area contributed by atoms with Crippen molar-refractivity contribution in [3.8, 4) is 0 Å². The molecule has 1 aromatic carbocycles. The number of H-pyrrole nitrogens is 1. The monoisotopic (exact) mass is 246 g/mol. The van der Waals surface area contributed by atoms with Gasteiger partial charge in [0.25, 0.3) is 0 Å². The van der Waals surface area contributed by atoms with Gasteiger partial charge in [-0.3, -0.25) is 5.10 Å². The van der Waals surface area contributed by atoms with Gasteiger partial charge < -0.3 is 10.6 Å². The Bertz CT molecular complexity index is 492. The summed E-state index contributed by atoms with van der Waals surface area (Å²) in [6.45, 7) is 2.65. The van der Waals surface area contributed by atoms with Crippen molar-refractivity contribution in [3.63, 3.8) is 0 Å². The normalized spacial score (nSPS) is 9.94. The molecule has 0 amide bonds. The standard InChI is InChI=1S/C12H14N4S/c1-9-7-11(16-15-9)14-12(17)13-8-10-5-3-2-4-6-10/h2-7H,8H2,1H3,(H3,13,14,15,16,17). The minimum atomic E-state index is 0.570. The number of nitrogens with zero attached hydrogens (tertiary/aromatic N) is 1. The molecule has 0 unspecified atom stereocenters. The highest BCUT2D eigenvalue weighted by Crippen LogP contribution is 2.03. The molecule has 2 aromatic rings. The van der Waals surface area contributed by atoms with Gasteiger partial charge in [0.15, 0.2) is 10.9 Å². The Balaban J connectivity index is 1.82. The minimum absolute atomic E-state index is 0.570. The zero-order valence-electron chi connectivity index (χ0n) is 9.53. The van der Waals surface area contributed by atoms with E-state index in [4.69, 9.17) is 12.2 Å². The first-order valence-corrected chi connectivity index (χ1v) is 5.75. The second-order valence-corrected chi connectivity index (χ2v) is 4.14. The molecule has 3 N–H and O–H groups in total. The van der Waals surface area contributed by atoms with Crippen LogP contribution in [0.15, 0.2) is 36.4 Å². The van der Waals surface area contributed by atoms with E-state index in [1.54, 1.807) is 0 Å². The number of anilines is 1. The Kier molecular flexibility index (Phi) is 3.72. The number of aromatic nitrogens is 2. The van der Waals surface area contributed by atoms with Crippen molar-refractivity contribution < 1.29 is 0 Å². The lowest BCUT2D eigenvalue weighted by Gasteiger charge is -2.08. The largest absolute Gasteiger partial charge is 0.358 e. The highest BCUT2D eigenvalue weighted by molar-refractivity contribution is 7.80. The van der Waals surface area contributed by atoms with E-state index in [0.717, 1.165) is 11.5 Å². The van der Waals surface area contributed by atoms with E-state index in [2.05, 4.69) is 20.8 Å². The van der Waals surface area contributed by atoms with E-state index in [1.165, 1.54) is 5.56 Å². The lowest BCUT2D eigenvalue weighted by molar-refractivity contribution is 0.924. The van der Waals surface area contributed by atoms with Crippen LogP contribution < -0.4 is 10.6 Å². The average Bonchev–Trinajstić information content (AvgIpc) is 2.73. The Morgan fingerprint density at radius 2 is 2.12 bits per heavy atom. The highest BCUT2D eigenvalue weighted by Gasteiger charge is 2.00. The Labute approximate surface area is 105 Å². The summed E-state index contributed by atoms with van der Waals surface area (Å²) in [5.74, 6) is 0.730. The number of aryl methyl sites for hydroxylation is 1. The van der Waals surface area contributed by atoms with E-state index in [-0.39, 0.29) is 0 Å². The number of thiocarbonyl (C=S) groups is 1. The molecule has 17 heavy (non-hydrogen) atoms. The number of nitrogens with one attached hydrogen (secondary N) is 3. The van der Waals surface area contributed by atoms with E-state index in [0.29, 0.717) is 11.7 Å². The summed E-state index contributed by atoms with van der Waals surface area (Å²) < 4.78 is 0. The maximum absolute atomic E-state index is 5.17. The smallest absolute Gasteiger partial charge is 0.172 e. The van der Waals surface area contributed by atoms with Crippen LogP contribution in [-0.2, 0) is 6.54 Å². The van der Waals surface area contributed by atoms with Crippen LogP contribution in [-0.4, -0.2) is 15.3 Å². The second-order valence-electron chi connectivity index (χ2n) is 3.73. The van der Waals surface area contributed by atoms with Gasteiger partial charge in [-0.25, -0.2) is 0 Å². The van der Waals surface area contributed by atoms with Gasteiger partial charge >= 0.3 is 0 Å². The molecular formula is C12H14N4S. The fourth-order valence-corrected chi connectivity index (χ4v) is 1.60. The topological polar surface area (TPSA) is 52.7 Å². The van der Waals surface area contributed by atoms with Crippen LogP contribution in [0.4, 0.5) is 5.82 Å². The highest BCUT2D eigenvalue weighted by atomic mass is 32.1. The molecule has 0 fully saturated rings. The van der Waals surface area contributed by atoms with Crippen LogP contribution >= 0.6 is 12.2 Å². The summed E-state index contributed by atoms with van der Waals surface area (Å²) in [6, 6.07) is 12.0. The lowest BCUT2D eigenvalue weighted by Crippen LogP contribution is -2.27. The molecule has 0 aliphatic rings. The molecule has 0 aliphatic heterocycles. The molecule has 1 aromatic heterocycles. The van der Waals surface area contributed by atoms with Crippen LogP contribution in [0.5, 0.6) is 0 Å². The summed E-state index contributed by atoms with van der Waals surface area (Å²) in [4.78, 5) is 0. The third kappa shape index (κ3) is 3.57. The number of benzene rings is 1. The summed E-state index contributed by atoms with van der Waals surface area (Å²) >= 11 is 5.17. The first-order chi connectivity index (χ1) is 8.24. The van der Waals surface area contributed by atoms with Crippen molar-refractivity contribution >= 4 is 23.1 Å². The molecular weight excluding hydrogens is 232 g/mol. The number of hydrogen-bond donors (Lipinski definition) is 3. The molecule has 4 nitrogen and oxygen atoms in total. The molecule has 0 saturated carbocycles. The molecule has 5 heteroatoms. The number of rotatable bonds is 3. The van der Waals surface area contributed by atoms with Crippen molar-refractivity contribution in [2.24, 2.45) is 0 Å². The predicted octanol–water partition coefficient (Wildman–Crippen LogP) is 2.20. The van der Waals surface area contributed by atoms with Gasteiger partial charge in [0, 0.05) is 18.3 Å². The number of aromatic amines is 1. The molecule has 0 bridgehead atoms. The van der Waals surface area contributed by atoms with Crippen molar-refractivity contribution in [3.05, 3.63) is 47.7 Å². The Morgan fingerprint density at radius 1 is 1.35 bits per heavy atom. The van der Waals surface area contributed by atoms with E-state index in [1.807, 2.05) is 43.3 Å². The van der Waals surface area contributed by atoms with E-state index in [9.17, 15) is 0 Å². The van der Waals surface area contributed by atoms with Gasteiger partial charge in [0.05, 0.1) is 0 Å². The molecule has 2 rings (SSSR count). The maximum Gasteiger partial charge on any atom is 0.172 e. The summed E-state index contributed by atoms with van der Waals surface area (Å²) in [6.07, 6.45) is 0. The molecule has 1 heterocycles. The minimum Gasteiger partial charge on any atom is -0.358 e. The summed E-state index contributed by atoms with van der Waals surface area (Å²) in [5, 5.41) is 13.6. The summed E-state index contributed by atoms with van der Waals surface area (Å²) in [7, 11) is 0. The van der Waals surface area contributed by atoms with Crippen molar-refractivity contribution in [1.82, 2.24) is 15.5 Å². The van der Waals surface area contributed by atoms with Gasteiger partial charge in [-0.1, -0.05) is 30.3 Å². The first-order valence-electron chi connectivity index (χ1n) is 5.35. The summed E-state index contributed by atoms with van der Waals surface area (Å²) in [5.41, 5.74) is 2.19. The maximum atomic E-state index is 5.17. The van der Waals surface area contributed by atoms with Crippen LogP contribution in [0.2, 0.25) is 0 Å². The molecule has 88 valence electrons. The predicted molar refractivity (Wildman–Crippen MR) is 72.8 cm³/mol. The molecule has 0 saturated heterocycles. The second kappa shape index (κ2) is 5.45. The van der Waals surface area contributed by atoms with Gasteiger partial charge in [0.1, 0.15) is 0 Å². The quantitative estimate of drug-likeness (QED) is 0.727. The molecule has 0 radical (unpaired) electrons. The van der Waals surface area contributed by atoms with E-state index < -0.39 is 0 Å². The molecule has 0 atom stereocenters. The number of hydrogen-bond acceptors (Lipinski definition) is 2. The Hall–Kier alpha value is -1.88. The van der Waals surface area contributed by atoms with Gasteiger partial charge in [-0.15, -0.1) is 0 Å². The van der Waals surface area contributed by atoms with Gasteiger partial charge in [-0.05, 0) is 24.7 Å². The molecule has 0 spiro atoms. The van der Waals surface area contributed by atoms with Crippen LogP contribution in [0, 0.1) is 6.92 Å². The zero-order chi connectivity index (χ0) is 12.1. The average molecular weight is 246 g/mol. The lowest BCUT2D eigenvalue weighted by atomic mass is 10.2. The van der Waals surface area contributed by atoms with Gasteiger partial charge in [-0.2, -0.15) is 5.10 Å². The molecule has 0 aliphatic carbocycles. The van der Waals surface area contributed by atoms with Crippen molar-refractivity contribution in [1.29, 1.82) is 0 Å². The van der Waals surface area contributed by atoms with Crippen LogP contribution in [0.3, 0.4) is 0 Å². The SMILES string of the molecule is Cc1cc(NC(=S)NCc2ccccc2)n[nH]1. The fourth-order valence-electron chi connectivity index (χ4n) is 1.42. The zero-order valence-corrected chi connectivity index (χ0v) is 10.3. The third-order valence-electron chi connectivity index (χ3n) is 2.24. The first kappa shape index (κ1) is 11.6. The van der Waals surface area contributed by atoms with Crippen LogP contribution in [0.1, 0.15) is 11.3 Å². The van der Waals surface area contributed by atoms with Crippen LogP contribution in [0.25, 0.3) is 0 Å². The van der Waals surface area contributed by atoms with Crippen molar-refractivity contribution in [2.75, 3.05) is 5.32 Å². The van der Waals surface area contributed by atoms with Crippen molar-refractivity contribution in [2.45, 2.75) is 13.5 Å². The third-order valence-corrected chi connectivity index (χ3v) is 2.49. The van der Waals surface area contributed by atoms with E-state index >= 15 is 0 Å². The fraction of sp³-hybridized carbons (Fsp3) is 0.167.